The van der Waals surface area contributed by atoms with Gasteiger partial charge in [-0.2, -0.15) is 0 Å². The number of rotatable bonds is 6. The quantitative estimate of drug-likeness (QED) is 0.513. The molecule has 35 heavy (non-hydrogen) atoms. The number of hydrogen-bond donors (Lipinski definition) is 2. The highest BCUT2D eigenvalue weighted by molar-refractivity contribution is 5.94. The van der Waals surface area contributed by atoms with Crippen molar-refractivity contribution in [3.8, 4) is 11.3 Å². The minimum Gasteiger partial charge on any atom is -0.461 e. The van der Waals surface area contributed by atoms with E-state index in [1.54, 1.807) is 36.6 Å². The molecule has 10 heteroatoms. The van der Waals surface area contributed by atoms with Gasteiger partial charge in [0, 0.05) is 29.2 Å². The smallest absolute Gasteiger partial charge is 0.355 e. The fourth-order valence-corrected chi connectivity index (χ4v) is 4.36. The zero-order valence-corrected chi connectivity index (χ0v) is 20.2. The van der Waals surface area contributed by atoms with Gasteiger partial charge in [-0.25, -0.2) is 19.2 Å². The first-order valence-corrected chi connectivity index (χ1v) is 11.6. The second-order valence-corrected chi connectivity index (χ2v) is 8.79. The normalized spacial score (nSPS) is 18.1. The second-order valence-electron chi connectivity index (χ2n) is 8.79. The van der Waals surface area contributed by atoms with Gasteiger partial charge in [0.05, 0.1) is 37.1 Å². The van der Waals surface area contributed by atoms with E-state index >= 15 is 0 Å². The van der Waals surface area contributed by atoms with Crippen LogP contribution in [0.5, 0.6) is 0 Å². The summed E-state index contributed by atoms with van der Waals surface area (Å²) >= 11 is 0. The molecule has 1 aliphatic rings. The number of ether oxygens (including phenoxy) is 2. The average Bonchev–Trinajstić information content (AvgIpc) is 2.83. The summed E-state index contributed by atoms with van der Waals surface area (Å²) in [5.74, 6) is -1.05. The van der Waals surface area contributed by atoms with Crippen LogP contribution < -0.4 is 10.7 Å². The molecule has 0 amide bonds. The average molecular weight is 485 g/mol. The van der Waals surface area contributed by atoms with E-state index in [1.807, 2.05) is 13.8 Å². The predicted molar refractivity (Wildman–Crippen MR) is 129 cm³/mol. The lowest BCUT2D eigenvalue weighted by Crippen LogP contribution is -2.42. The number of carbonyl (C=O) groups is 1. The van der Waals surface area contributed by atoms with Gasteiger partial charge in [0.25, 0.3) is 0 Å². The maximum atomic E-state index is 14.9. The van der Waals surface area contributed by atoms with Crippen molar-refractivity contribution in [1.82, 2.24) is 14.5 Å². The molecule has 0 unspecified atom stereocenters. The zero-order chi connectivity index (χ0) is 25.3. The van der Waals surface area contributed by atoms with E-state index in [2.05, 4.69) is 15.3 Å². The molecule has 2 aromatic heterocycles. The molecule has 0 radical (unpaired) electrons. The van der Waals surface area contributed by atoms with Crippen LogP contribution in [-0.2, 0) is 9.47 Å². The van der Waals surface area contributed by atoms with Crippen molar-refractivity contribution in [3.05, 3.63) is 51.7 Å². The number of aromatic nitrogens is 3. The van der Waals surface area contributed by atoms with Gasteiger partial charge in [-0.15, -0.1) is 0 Å². The van der Waals surface area contributed by atoms with Gasteiger partial charge in [0.1, 0.15) is 11.4 Å². The molecule has 0 spiro atoms. The molecular weight excluding hydrogens is 455 g/mol. The van der Waals surface area contributed by atoms with Crippen molar-refractivity contribution in [1.29, 1.82) is 0 Å². The lowest BCUT2D eigenvalue weighted by molar-refractivity contribution is -0.0136. The van der Waals surface area contributed by atoms with Gasteiger partial charge in [-0.3, -0.25) is 4.79 Å². The predicted octanol–water partition coefficient (Wildman–Crippen LogP) is 3.23. The Morgan fingerprint density at radius 3 is 2.86 bits per heavy atom. The largest absolute Gasteiger partial charge is 0.461 e. The number of halogens is 1. The van der Waals surface area contributed by atoms with E-state index in [-0.39, 0.29) is 48.1 Å². The standard InChI is InChI=1S/C25H29FN4O5/c1-5-35-24(33)22-14(4)23(32)16-7-6-15(10-19(16)30(22)13(2)3)21-17(26)11-27-25(29-21)28-18-8-9-34-12-20(18)31/h6-7,10-11,13,18,20,31H,5,8-9,12H2,1-4H3,(H,27,28,29)/t18-,20-/m1/s1. The van der Waals surface area contributed by atoms with Gasteiger partial charge < -0.3 is 24.5 Å². The number of aliphatic hydroxyl groups excluding tert-OH is 1. The van der Waals surface area contributed by atoms with Crippen molar-refractivity contribution in [2.45, 2.75) is 52.3 Å². The third-order valence-corrected chi connectivity index (χ3v) is 6.08. The van der Waals surface area contributed by atoms with E-state index in [0.717, 1.165) is 6.20 Å². The van der Waals surface area contributed by atoms with Crippen LogP contribution in [0.15, 0.2) is 29.2 Å². The molecule has 0 aliphatic carbocycles. The van der Waals surface area contributed by atoms with Gasteiger partial charge in [0.2, 0.25) is 5.95 Å². The molecule has 9 nitrogen and oxygen atoms in total. The Morgan fingerprint density at radius 1 is 1.40 bits per heavy atom. The zero-order valence-electron chi connectivity index (χ0n) is 20.2. The van der Waals surface area contributed by atoms with Gasteiger partial charge in [-0.05, 0) is 46.2 Å². The molecule has 1 aromatic carbocycles. The molecular formula is C25H29FN4O5. The van der Waals surface area contributed by atoms with Gasteiger partial charge >= 0.3 is 5.97 Å². The first kappa shape index (κ1) is 24.7. The molecule has 1 fully saturated rings. The van der Waals surface area contributed by atoms with Crippen molar-refractivity contribution in [2.75, 3.05) is 25.1 Å². The Labute approximate surface area is 201 Å². The number of anilines is 1. The number of hydrogen-bond acceptors (Lipinski definition) is 8. The summed E-state index contributed by atoms with van der Waals surface area (Å²) in [6.07, 6.45) is 0.894. The number of aliphatic hydroxyl groups is 1. The fraction of sp³-hybridized carbons (Fsp3) is 0.440. The van der Waals surface area contributed by atoms with Crippen molar-refractivity contribution < 1.29 is 23.8 Å². The Kier molecular flexibility index (Phi) is 7.13. The minimum atomic E-state index is -0.730. The Hall–Kier alpha value is -3.37. The van der Waals surface area contributed by atoms with E-state index < -0.39 is 17.9 Å². The SMILES string of the molecule is CCOC(=O)c1c(C)c(=O)c2ccc(-c3nc(N[C@@H]4CCOC[C@H]4O)ncc3F)cc2n1C(C)C. The molecule has 3 heterocycles. The van der Waals surface area contributed by atoms with Crippen molar-refractivity contribution in [3.63, 3.8) is 0 Å². The van der Waals surface area contributed by atoms with E-state index in [0.29, 0.717) is 35.1 Å². The third-order valence-electron chi connectivity index (χ3n) is 6.08. The number of esters is 1. The number of pyridine rings is 1. The third kappa shape index (κ3) is 4.76. The molecule has 1 saturated heterocycles. The number of nitrogens with one attached hydrogen (secondary N) is 1. The maximum Gasteiger partial charge on any atom is 0.355 e. The Morgan fingerprint density at radius 2 is 2.17 bits per heavy atom. The van der Waals surface area contributed by atoms with Crippen LogP contribution in [0.3, 0.4) is 0 Å². The lowest BCUT2D eigenvalue weighted by Gasteiger charge is -2.28. The molecule has 186 valence electrons. The topological polar surface area (TPSA) is 116 Å². The summed E-state index contributed by atoms with van der Waals surface area (Å²) in [6, 6.07) is 4.38. The van der Waals surface area contributed by atoms with Crippen LogP contribution in [0, 0.1) is 12.7 Å². The van der Waals surface area contributed by atoms with Crippen molar-refractivity contribution >= 4 is 22.8 Å². The molecule has 0 bridgehead atoms. The van der Waals surface area contributed by atoms with Crippen LogP contribution in [0.1, 0.15) is 49.3 Å². The molecule has 4 rings (SSSR count). The maximum absolute atomic E-state index is 14.9. The number of carbonyl (C=O) groups excluding carboxylic acids is 1. The highest BCUT2D eigenvalue weighted by Gasteiger charge is 2.26. The minimum absolute atomic E-state index is 0.0342. The van der Waals surface area contributed by atoms with E-state index in [9.17, 15) is 19.1 Å². The molecule has 2 atom stereocenters. The van der Waals surface area contributed by atoms with E-state index in [4.69, 9.17) is 9.47 Å². The Bertz CT molecular complexity index is 1320. The van der Waals surface area contributed by atoms with Crippen molar-refractivity contribution in [2.24, 2.45) is 0 Å². The summed E-state index contributed by atoms with van der Waals surface area (Å²) < 4.78 is 27.1. The van der Waals surface area contributed by atoms with E-state index in [1.165, 1.54) is 0 Å². The van der Waals surface area contributed by atoms with Crippen LogP contribution in [0.25, 0.3) is 22.2 Å². The van der Waals surface area contributed by atoms with Crippen LogP contribution >= 0.6 is 0 Å². The highest BCUT2D eigenvalue weighted by atomic mass is 19.1. The van der Waals surface area contributed by atoms with Gasteiger partial charge in [0.15, 0.2) is 11.2 Å². The van der Waals surface area contributed by atoms with Gasteiger partial charge in [-0.1, -0.05) is 6.07 Å². The fourth-order valence-electron chi connectivity index (χ4n) is 4.36. The van der Waals surface area contributed by atoms with Crippen LogP contribution in [-0.4, -0.2) is 57.6 Å². The molecule has 3 aromatic rings. The Balaban J connectivity index is 1.85. The number of nitrogens with zero attached hydrogens (tertiary/aromatic N) is 3. The molecule has 1 aliphatic heterocycles. The number of benzene rings is 1. The highest BCUT2D eigenvalue weighted by Crippen LogP contribution is 2.28. The number of fused-ring (bicyclic) bond motifs is 1. The molecule has 0 saturated carbocycles. The molecule has 2 N–H and O–H groups in total. The summed E-state index contributed by atoms with van der Waals surface area (Å²) in [5, 5.41) is 13.6. The lowest BCUT2D eigenvalue weighted by atomic mass is 10.0. The van der Waals surface area contributed by atoms with Crippen LogP contribution in [0.2, 0.25) is 0 Å². The first-order valence-electron chi connectivity index (χ1n) is 11.6. The summed E-state index contributed by atoms with van der Waals surface area (Å²) in [7, 11) is 0. The first-order chi connectivity index (χ1) is 16.7. The van der Waals surface area contributed by atoms with Crippen LogP contribution in [0.4, 0.5) is 10.3 Å². The second kappa shape index (κ2) is 10.1. The summed E-state index contributed by atoms with van der Waals surface area (Å²) in [5.41, 5.74) is 1.11. The summed E-state index contributed by atoms with van der Waals surface area (Å²) in [4.78, 5) is 34.2. The monoisotopic (exact) mass is 484 g/mol. The summed E-state index contributed by atoms with van der Waals surface area (Å²) in [6.45, 7) is 7.96.